The third kappa shape index (κ3) is 6.83. The van der Waals surface area contributed by atoms with Crippen LogP contribution >= 0.6 is 0 Å². The number of benzene rings is 1. The van der Waals surface area contributed by atoms with E-state index in [9.17, 15) is 19.4 Å². The van der Waals surface area contributed by atoms with E-state index in [-0.39, 0.29) is 30.5 Å². The van der Waals surface area contributed by atoms with Gasteiger partial charge in [-0.25, -0.2) is 14.4 Å². The SMILES string of the molecule is CNc1nc(-c2ccc(F)cc2)c(/C=C/[C@@H](O)C[C@@H](O)CC(=O)N(C)C)c(C(C)C)n1. The Morgan fingerprint density at radius 1 is 1.19 bits per heavy atom. The lowest BCUT2D eigenvalue weighted by molar-refractivity contribution is -0.130. The highest BCUT2D eigenvalue weighted by Gasteiger charge is 2.18. The fourth-order valence-corrected chi connectivity index (χ4v) is 3.06. The van der Waals surface area contributed by atoms with Gasteiger partial charge in [-0.05, 0) is 30.2 Å². The summed E-state index contributed by atoms with van der Waals surface area (Å²) in [6, 6.07) is 6.02. The number of carbonyl (C=O) groups is 1. The Kier molecular flexibility index (Phi) is 8.65. The van der Waals surface area contributed by atoms with E-state index in [2.05, 4.69) is 15.3 Å². The number of rotatable bonds is 9. The minimum atomic E-state index is -0.963. The lowest BCUT2D eigenvalue weighted by Crippen LogP contribution is -2.28. The van der Waals surface area contributed by atoms with E-state index < -0.39 is 12.2 Å². The normalized spacial score (nSPS) is 13.5. The molecule has 31 heavy (non-hydrogen) atoms. The molecule has 8 heteroatoms. The number of amides is 1. The number of aliphatic hydroxyl groups is 2. The standard InChI is InChI=1S/C23H31FN4O3/c1-14(2)21-19(11-10-17(29)12-18(30)13-20(31)28(4)5)22(27-23(25-3)26-21)15-6-8-16(24)9-7-15/h6-11,14,17-18,29-30H,12-13H2,1-5H3,(H,25,26,27)/b11-10+/t17-,18-/m1/s1. The third-order valence-corrected chi connectivity index (χ3v) is 4.77. The predicted molar refractivity (Wildman–Crippen MR) is 120 cm³/mol. The van der Waals surface area contributed by atoms with Gasteiger partial charge >= 0.3 is 0 Å². The average molecular weight is 431 g/mol. The van der Waals surface area contributed by atoms with Gasteiger partial charge in [-0.15, -0.1) is 0 Å². The second-order valence-corrected chi connectivity index (χ2v) is 7.91. The molecule has 3 N–H and O–H groups in total. The van der Waals surface area contributed by atoms with Crippen LogP contribution in [0.15, 0.2) is 30.3 Å². The molecule has 0 saturated carbocycles. The summed E-state index contributed by atoms with van der Waals surface area (Å²) in [5.41, 5.74) is 2.80. The van der Waals surface area contributed by atoms with E-state index in [0.717, 1.165) is 5.69 Å². The highest BCUT2D eigenvalue weighted by molar-refractivity contribution is 5.76. The maximum atomic E-state index is 13.4. The minimum Gasteiger partial charge on any atom is -0.392 e. The van der Waals surface area contributed by atoms with Crippen LogP contribution < -0.4 is 5.32 Å². The van der Waals surface area contributed by atoms with Crippen LogP contribution in [0.5, 0.6) is 0 Å². The molecule has 7 nitrogen and oxygen atoms in total. The van der Waals surface area contributed by atoms with Gasteiger partial charge in [0.1, 0.15) is 5.82 Å². The van der Waals surface area contributed by atoms with Crippen molar-refractivity contribution in [3.05, 3.63) is 47.4 Å². The molecule has 0 saturated heterocycles. The van der Waals surface area contributed by atoms with Crippen LogP contribution in [0, 0.1) is 5.82 Å². The van der Waals surface area contributed by atoms with Gasteiger partial charge in [-0.3, -0.25) is 4.79 Å². The van der Waals surface area contributed by atoms with Crippen molar-refractivity contribution in [2.45, 2.75) is 44.8 Å². The quantitative estimate of drug-likeness (QED) is 0.566. The Labute approximate surface area is 182 Å². The molecule has 1 aromatic carbocycles. The van der Waals surface area contributed by atoms with Crippen LogP contribution in [0.1, 0.15) is 43.9 Å². The van der Waals surface area contributed by atoms with Crippen molar-refractivity contribution in [1.82, 2.24) is 14.9 Å². The summed E-state index contributed by atoms with van der Waals surface area (Å²) in [6.07, 6.45) is 1.32. The topological polar surface area (TPSA) is 98.6 Å². The van der Waals surface area contributed by atoms with Crippen molar-refractivity contribution in [3.63, 3.8) is 0 Å². The molecule has 0 spiro atoms. The molecule has 2 rings (SSSR count). The van der Waals surface area contributed by atoms with Crippen LogP contribution in [0.4, 0.5) is 10.3 Å². The van der Waals surface area contributed by atoms with Crippen molar-refractivity contribution in [1.29, 1.82) is 0 Å². The number of halogens is 1. The van der Waals surface area contributed by atoms with Gasteiger partial charge in [-0.2, -0.15) is 0 Å². The van der Waals surface area contributed by atoms with Gasteiger partial charge in [0.15, 0.2) is 0 Å². The summed E-state index contributed by atoms with van der Waals surface area (Å²) in [6.45, 7) is 4.00. The number of hydrogen-bond acceptors (Lipinski definition) is 6. The molecule has 0 bridgehead atoms. The molecule has 2 aromatic rings. The van der Waals surface area contributed by atoms with E-state index in [1.807, 2.05) is 13.8 Å². The number of anilines is 1. The first kappa shape index (κ1) is 24.4. The van der Waals surface area contributed by atoms with Crippen LogP contribution in [0.25, 0.3) is 17.3 Å². The molecule has 0 fully saturated rings. The van der Waals surface area contributed by atoms with Gasteiger partial charge in [0.05, 0.1) is 30.0 Å². The second-order valence-electron chi connectivity index (χ2n) is 7.91. The molecule has 0 aliphatic carbocycles. The predicted octanol–water partition coefficient (Wildman–Crippen LogP) is 3.05. The Balaban J connectivity index is 2.37. The van der Waals surface area contributed by atoms with Gasteiger partial charge in [0, 0.05) is 38.7 Å². The fraction of sp³-hybridized carbons (Fsp3) is 0.435. The molecule has 0 unspecified atom stereocenters. The second kappa shape index (κ2) is 11.0. The van der Waals surface area contributed by atoms with E-state index in [1.165, 1.54) is 17.0 Å². The fourth-order valence-electron chi connectivity index (χ4n) is 3.06. The van der Waals surface area contributed by atoms with Crippen molar-refractivity contribution in [3.8, 4) is 11.3 Å². The molecule has 0 aliphatic rings. The van der Waals surface area contributed by atoms with Crippen LogP contribution in [-0.2, 0) is 4.79 Å². The first-order chi connectivity index (χ1) is 14.6. The number of nitrogens with one attached hydrogen (secondary N) is 1. The Hall–Kier alpha value is -2.84. The van der Waals surface area contributed by atoms with Crippen molar-refractivity contribution >= 4 is 17.9 Å². The Bertz CT molecular complexity index is 914. The molecule has 2 atom stereocenters. The summed E-state index contributed by atoms with van der Waals surface area (Å²) >= 11 is 0. The van der Waals surface area contributed by atoms with Crippen LogP contribution in [0.2, 0.25) is 0 Å². The molecule has 1 amide bonds. The van der Waals surface area contributed by atoms with Crippen molar-refractivity contribution in [2.75, 3.05) is 26.5 Å². The monoisotopic (exact) mass is 430 g/mol. The Morgan fingerprint density at radius 2 is 1.84 bits per heavy atom. The van der Waals surface area contributed by atoms with E-state index in [0.29, 0.717) is 22.8 Å². The van der Waals surface area contributed by atoms with Gasteiger partial charge < -0.3 is 20.4 Å². The Morgan fingerprint density at radius 3 is 2.39 bits per heavy atom. The van der Waals surface area contributed by atoms with Crippen LogP contribution in [0.3, 0.4) is 0 Å². The maximum Gasteiger partial charge on any atom is 0.224 e. The smallest absolute Gasteiger partial charge is 0.224 e. The molecule has 1 aromatic heterocycles. The molecule has 0 radical (unpaired) electrons. The lowest BCUT2D eigenvalue weighted by atomic mass is 9.97. The molecular formula is C23H31FN4O3. The largest absolute Gasteiger partial charge is 0.392 e. The summed E-state index contributed by atoms with van der Waals surface area (Å²) in [4.78, 5) is 22.3. The molecular weight excluding hydrogens is 399 g/mol. The summed E-state index contributed by atoms with van der Waals surface area (Å²) < 4.78 is 13.4. The maximum absolute atomic E-state index is 13.4. The van der Waals surface area contributed by atoms with E-state index in [1.54, 1.807) is 45.4 Å². The average Bonchev–Trinajstić information content (AvgIpc) is 2.71. The van der Waals surface area contributed by atoms with Crippen LogP contribution in [-0.4, -0.2) is 64.3 Å². The summed E-state index contributed by atoms with van der Waals surface area (Å²) in [7, 11) is 4.96. The molecule has 0 aliphatic heterocycles. The number of aliphatic hydroxyl groups excluding tert-OH is 2. The summed E-state index contributed by atoms with van der Waals surface area (Å²) in [5.74, 6) is -0.0438. The first-order valence-corrected chi connectivity index (χ1v) is 10.2. The van der Waals surface area contributed by atoms with Gasteiger partial charge in [0.2, 0.25) is 11.9 Å². The third-order valence-electron chi connectivity index (χ3n) is 4.77. The number of carbonyl (C=O) groups excluding carboxylic acids is 1. The highest BCUT2D eigenvalue weighted by atomic mass is 19.1. The number of nitrogens with zero attached hydrogens (tertiary/aromatic N) is 3. The van der Waals surface area contributed by atoms with E-state index in [4.69, 9.17) is 0 Å². The molecule has 168 valence electrons. The number of hydrogen-bond donors (Lipinski definition) is 3. The minimum absolute atomic E-state index is 0.0223. The van der Waals surface area contributed by atoms with Crippen molar-refractivity contribution in [2.24, 2.45) is 0 Å². The highest BCUT2D eigenvalue weighted by Crippen LogP contribution is 2.30. The lowest BCUT2D eigenvalue weighted by Gasteiger charge is -2.17. The zero-order valence-corrected chi connectivity index (χ0v) is 18.6. The van der Waals surface area contributed by atoms with E-state index >= 15 is 0 Å². The summed E-state index contributed by atoms with van der Waals surface area (Å²) in [5, 5.41) is 23.4. The van der Waals surface area contributed by atoms with Crippen molar-refractivity contribution < 1.29 is 19.4 Å². The molecule has 1 heterocycles. The van der Waals surface area contributed by atoms with Gasteiger partial charge in [-0.1, -0.05) is 26.0 Å². The number of aromatic nitrogens is 2. The zero-order chi connectivity index (χ0) is 23.1. The first-order valence-electron chi connectivity index (χ1n) is 10.2. The zero-order valence-electron chi connectivity index (χ0n) is 18.6. The van der Waals surface area contributed by atoms with Gasteiger partial charge in [0.25, 0.3) is 0 Å².